The number of rotatable bonds is 2. The molecule has 0 bridgehead atoms. The van der Waals surface area contributed by atoms with Gasteiger partial charge in [0.15, 0.2) is 0 Å². The van der Waals surface area contributed by atoms with Crippen molar-refractivity contribution in [1.82, 2.24) is 10.2 Å². The summed E-state index contributed by atoms with van der Waals surface area (Å²) >= 11 is 3.53. The molecule has 0 aliphatic carbocycles. The number of phenolic OH excluding ortho intramolecular Hbond substituents is 1. The molecule has 3 nitrogen and oxygen atoms in total. The lowest BCUT2D eigenvalue weighted by Crippen LogP contribution is -2.56. The molecular weight excluding hydrogens is 280 g/mol. The van der Waals surface area contributed by atoms with Gasteiger partial charge in [0.25, 0.3) is 0 Å². The van der Waals surface area contributed by atoms with Crippen molar-refractivity contribution in [2.75, 3.05) is 19.6 Å². The lowest BCUT2D eigenvalue weighted by atomic mass is 10.0. The van der Waals surface area contributed by atoms with E-state index in [0.717, 1.165) is 36.2 Å². The zero-order chi connectivity index (χ0) is 12.5. The van der Waals surface area contributed by atoms with Gasteiger partial charge in [0.05, 0.1) is 0 Å². The smallest absolute Gasteiger partial charge is 0.115 e. The molecule has 0 saturated carbocycles. The van der Waals surface area contributed by atoms with Gasteiger partial charge in [-0.15, -0.1) is 0 Å². The molecule has 1 saturated heterocycles. The predicted molar refractivity (Wildman–Crippen MR) is 73.2 cm³/mol. The molecule has 2 rings (SSSR count). The van der Waals surface area contributed by atoms with E-state index in [1.165, 1.54) is 0 Å². The largest absolute Gasteiger partial charge is 0.508 e. The molecule has 2 N–H and O–H groups in total. The van der Waals surface area contributed by atoms with Gasteiger partial charge in [0.1, 0.15) is 5.75 Å². The molecule has 1 fully saturated rings. The van der Waals surface area contributed by atoms with Crippen molar-refractivity contribution in [3.63, 3.8) is 0 Å². The maximum atomic E-state index is 9.52. The molecule has 94 valence electrons. The Bertz CT molecular complexity index is 406. The Morgan fingerprint density at radius 1 is 1.47 bits per heavy atom. The zero-order valence-electron chi connectivity index (χ0n) is 10.3. The van der Waals surface area contributed by atoms with Gasteiger partial charge in [-0.2, -0.15) is 0 Å². The highest BCUT2D eigenvalue weighted by Gasteiger charge is 2.25. The molecule has 0 unspecified atom stereocenters. The fourth-order valence-electron chi connectivity index (χ4n) is 2.30. The van der Waals surface area contributed by atoms with E-state index in [2.05, 4.69) is 40.0 Å². The first-order chi connectivity index (χ1) is 7.96. The summed E-state index contributed by atoms with van der Waals surface area (Å²) in [5.74, 6) is 0.331. The second kappa shape index (κ2) is 4.96. The number of piperazine rings is 1. The normalized spacial score (nSPS) is 20.4. The van der Waals surface area contributed by atoms with E-state index in [0.29, 0.717) is 5.75 Å². The van der Waals surface area contributed by atoms with Crippen LogP contribution in [0.15, 0.2) is 22.7 Å². The summed E-state index contributed by atoms with van der Waals surface area (Å²) in [6.07, 6.45) is 0. The van der Waals surface area contributed by atoms with E-state index in [-0.39, 0.29) is 5.54 Å². The summed E-state index contributed by atoms with van der Waals surface area (Å²) in [5, 5.41) is 13.0. The number of hydrogen-bond acceptors (Lipinski definition) is 3. The molecule has 17 heavy (non-hydrogen) atoms. The van der Waals surface area contributed by atoms with Gasteiger partial charge >= 0.3 is 0 Å². The van der Waals surface area contributed by atoms with Gasteiger partial charge in [-0.1, -0.05) is 15.9 Å². The molecule has 1 aromatic carbocycles. The van der Waals surface area contributed by atoms with E-state index < -0.39 is 0 Å². The first-order valence-corrected chi connectivity index (χ1v) is 6.70. The Hall–Kier alpha value is -0.580. The van der Waals surface area contributed by atoms with Crippen molar-refractivity contribution < 1.29 is 5.11 Å². The standard InChI is InChI=1S/C13H19BrN2O/c1-13(2)9-16(6-5-15-13)8-10-7-11(17)3-4-12(10)14/h3-4,7,15,17H,5-6,8-9H2,1-2H3. The minimum Gasteiger partial charge on any atom is -0.508 e. The van der Waals surface area contributed by atoms with Crippen LogP contribution in [-0.2, 0) is 6.54 Å². The van der Waals surface area contributed by atoms with Gasteiger partial charge in [0, 0.05) is 36.2 Å². The Kier molecular flexibility index (Phi) is 3.76. The molecule has 0 radical (unpaired) electrons. The van der Waals surface area contributed by atoms with Gasteiger partial charge in [-0.3, -0.25) is 4.90 Å². The number of hydrogen-bond donors (Lipinski definition) is 2. The molecule has 1 heterocycles. The Morgan fingerprint density at radius 3 is 2.94 bits per heavy atom. The van der Waals surface area contributed by atoms with E-state index in [9.17, 15) is 5.11 Å². The number of nitrogens with zero attached hydrogens (tertiary/aromatic N) is 1. The van der Waals surface area contributed by atoms with Crippen molar-refractivity contribution >= 4 is 15.9 Å². The highest BCUT2D eigenvalue weighted by atomic mass is 79.9. The van der Waals surface area contributed by atoms with E-state index in [1.54, 1.807) is 6.07 Å². The molecule has 4 heteroatoms. The topological polar surface area (TPSA) is 35.5 Å². The van der Waals surface area contributed by atoms with Crippen molar-refractivity contribution in [2.45, 2.75) is 25.9 Å². The number of halogens is 1. The van der Waals surface area contributed by atoms with Crippen molar-refractivity contribution in [1.29, 1.82) is 0 Å². The maximum absolute atomic E-state index is 9.52. The SMILES string of the molecule is CC1(C)CN(Cc2cc(O)ccc2Br)CCN1. The highest BCUT2D eigenvalue weighted by Crippen LogP contribution is 2.24. The van der Waals surface area contributed by atoms with Crippen LogP contribution in [0, 0.1) is 0 Å². The Balaban J connectivity index is 2.07. The fourth-order valence-corrected chi connectivity index (χ4v) is 2.68. The quantitative estimate of drug-likeness (QED) is 0.880. The molecule has 1 aliphatic rings. The van der Waals surface area contributed by atoms with Crippen molar-refractivity contribution in [3.05, 3.63) is 28.2 Å². The minimum absolute atomic E-state index is 0.168. The lowest BCUT2D eigenvalue weighted by Gasteiger charge is -2.39. The third kappa shape index (κ3) is 3.44. The van der Waals surface area contributed by atoms with E-state index >= 15 is 0 Å². The first-order valence-electron chi connectivity index (χ1n) is 5.91. The molecule has 0 atom stereocenters. The van der Waals surface area contributed by atoms with E-state index in [4.69, 9.17) is 0 Å². The average Bonchev–Trinajstić information content (AvgIpc) is 2.22. The van der Waals surface area contributed by atoms with Crippen LogP contribution in [0.4, 0.5) is 0 Å². The van der Waals surface area contributed by atoms with E-state index in [1.807, 2.05) is 12.1 Å². The summed E-state index contributed by atoms with van der Waals surface area (Å²) in [4.78, 5) is 2.41. The highest BCUT2D eigenvalue weighted by molar-refractivity contribution is 9.10. The molecule has 0 amide bonds. The maximum Gasteiger partial charge on any atom is 0.115 e. The first kappa shape index (κ1) is 12.9. The third-order valence-corrected chi connectivity index (χ3v) is 3.85. The van der Waals surface area contributed by atoms with Crippen molar-refractivity contribution in [3.8, 4) is 5.75 Å². The predicted octanol–water partition coefficient (Wildman–Crippen LogP) is 2.34. The van der Waals surface area contributed by atoms with Crippen LogP contribution in [0.25, 0.3) is 0 Å². The van der Waals surface area contributed by atoms with Crippen LogP contribution >= 0.6 is 15.9 Å². The number of phenols is 1. The van der Waals surface area contributed by atoms with Crippen LogP contribution < -0.4 is 5.32 Å². The second-order valence-electron chi connectivity index (χ2n) is 5.30. The van der Waals surface area contributed by atoms with Gasteiger partial charge < -0.3 is 10.4 Å². The molecule has 0 spiro atoms. The van der Waals surface area contributed by atoms with Crippen molar-refractivity contribution in [2.24, 2.45) is 0 Å². The van der Waals surface area contributed by atoms with Crippen LogP contribution in [0.3, 0.4) is 0 Å². The lowest BCUT2D eigenvalue weighted by molar-refractivity contribution is 0.148. The van der Waals surface area contributed by atoms with Crippen LogP contribution in [0.2, 0.25) is 0 Å². The average molecular weight is 299 g/mol. The number of aromatic hydroxyl groups is 1. The summed E-state index contributed by atoms with van der Waals surface area (Å²) < 4.78 is 1.06. The summed E-state index contributed by atoms with van der Waals surface area (Å²) in [6.45, 7) is 8.40. The summed E-state index contributed by atoms with van der Waals surface area (Å²) in [7, 11) is 0. The summed E-state index contributed by atoms with van der Waals surface area (Å²) in [5.41, 5.74) is 1.31. The summed E-state index contributed by atoms with van der Waals surface area (Å²) in [6, 6.07) is 5.44. The Morgan fingerprint density at radius 2 is 2.24 bits per heavy atom. The zero-order valence-corrected chi connectivity index (χ0v) is 11.9. The van der Waals surface area contributed by atoms with Crippen LogP contribution in [0.1, 0.15) is 19.4 Å². The van der Waals surface area contributed by atoms with Gasteiger partial charge in [-0.25, -0.2) is 0 Å². The van der Waals surface area contributed by atoms with Crippen LogP contribution in [0.5, 0.6) is 5.75 Å². The van der Waals surface area contributed by atoms with Crippen LogP contribution in [-0.4, -0.2) is 35.2 Å². The molecule has 1 aromatic rings. The molecular formula is C13H19BrN2O. The second-order valence-corrected chi connectivity index (χ2v) is 6.15. The van der Waals surface area contributed by atoms with Gasteiger partial charge in [0.2, 0.25) is 0 Å². The monoisotopic (exact) mass is 298 g/mol. The number of nitrogens with one attached hydrogen (secondary N) is 1. The fraction of sp³-hybridized carbons (Fsp3) is 0.538. The Labute approximate surface area is 111 Å². The number of benzene rings is 1. The molecule has 1 aliphatic heterocycles. The third-order valence-electron chi connectivity index (χ3n) is 3.07. The van der Waals surface area contributed by atoms with Gasteiger partial charge in [-0.05, 0) is 37.6 Å². The molecule has 0 aromatic heterocycles. The minimum atomic E-state index is 0.168.